The average molecular weight is 777 g/mol. The third-order valence-electron chi connectivity index (χ3n) is 7.63. The van der Waals surface area contributed by atoms with Crippen molar-refractivity contribution in [3.8, 4) is 22.5 Å². The highest BCUT2D eigenvalue weighted by Crippen LogP contribution is 2.34. The molecule has 2 heterocycles. The molecule has 6 rings (SSSR count). The molecule has 4 aromatic carbocycles. The van der Waals surface area contributed by atoms with E-state index in [1.54, 1.807) is 0 Å². The number of aromatic nitrogens is 2. The zero-order valence-electron chi connectivity index (χ0n) is 27.6. The van der Waals surface area contributed by atoms with Crippen LogP contribution in [0.3, 0.4) is 0 Å². The van der Waals surface area contributed by atoms with Gasteiger partial charge in [-0.1, -0.05) is 33.1 Å². The van der Waals surface area contributed by atoms with Crippen LogP contribution >= 0.6 is 0 Å². The largest absolute Gasteiger partial charge is 0.392 e. The van der Waals surface area contributed by atoms with Gasteiger partial charge in [0.25, 0.3) is 0 Å². The summed E-state index contributed by atoms with van der Waals surface area (Å²) in [7, 11) is 0. The summed E-state index contributed by atoms with van der Waals surface area (Å²) in [5.41, 5.74) is 10.9. The first-order chi connectivity index (χ1) is 25.8. The Morgan fingerprint density at radius 3 is 1.32 bits per heavy atom. The van der Waals surface area contributed by atoms with Crippen LogP contribution in [0.5, 0.6) is 0 Å². The lowest BCUT2D eigenvalue weighted by atomic mass is 10.1. The van der Waals surface area contributed by atoms with Crippen LogP contribution in [0.1, 0.15) is 30.8 Å². The summed E-state index contributed by atoms with van der Waals surface area (Å²) >= 11 is 0. The molecule has 290 valence electrons. The molecule has 0 spiro atoms. The summed E-state index contributed by atoms with van der Waals surface area (Å²) in [6.45, 7) is -0.384. The van der Waals surface area contributed by atoms with Crippen molar-refractivity contribution in [1.82, 2.24) is 9.97 Å². The van der Waals surface area contributed by atoms with Crippen molar-refractivity contribution in [1.29, 1.82) is 0 Å². The second kappa shape index (κ2) is 18.8. The molecule has 10 nitrogen and oxygen atoms in total. The molecule has 2 aromatic heterocycles. The lowest BCUT2D eigenvalue weighted by Gasteiger charge is -2.22. The van der Waals surface area contributed by atoms with Gasteiger partial charge in [-0.25, -0.2) is 55.7 Å². The van der Waals surface area contributed by atoms with Crippen LogP contribution in [0.4, 0.5) is 58.9 Å². The number of carbonyl (C=O) groups is 3. The maximum absolute atomic E-state index is 14.2. The Labute approximate surface area is 317 Å². The molecule has 6 aromatic rings. The van der Waals surface area contributed by atoms with E-state index >= 15 is 0 Å². The first-order valence-electron chi connectivity index (χ1n) is 15.5. The number of amides is 4. The molecule has 0 saturated heterocycles. The Hall–Kier alpha value is -7.07. The van der Waals surface area contributed by atoms with Gasteiger partial charge in [0.15, 0.2) is 6.29 Å². The molecule has 0 radical (unpaired) electrons. The third-order valence-corrected chi connectivity index (χ3v) is 7.63. The van der Waals surface area contributed by atoms with Crippen LogP contribution in [-0.2, 0) is 6.61 Å². The van der Waals surface area contributed by atoms with E-state index in [1.807, 2.05) is 0 Å². The van der Waals surface area contributed by atoms with E-state index in [-0.39, 0.29) is 50.0 Å². The van der Waals surface area contributed by atoms with Crippen molar-refractivity contribution >= 4 is 41.4 Å². The van der Waals surface area contributed by atoms with Gasteiger partial charge in [-0.15, -0.1) is 0 Å². The van der Waals surface area contributed by atoms with Crippen LogP contribution in [-0.4, -0.2) is 33.4 Å². The lowest BCUT2D eigenvalue weighted by Crippen LogP contribution is -2.33. The molecule has 56 heavy (non-hydrogen) atoms. The fourth-order valence-corrected chi connectivity index (χ4v) is 5.19. The van der Waals surface area contributed by atoms with Crippen LogP contribution in [0, 0.1) is 34.9 Å². The number of nitrogens with two attached hydrogens (primary N) is 2. The number of halogens is 6. The SMILES string of the molecule is C.C.NC(=O)N(c1ccc(C=O)c(-c2ccc(F)cc2)n1)c1c(F)cccc1F.NC(=O)N(c1ccc(CO)c(-c2ccc(F)cc2)n1)c1c(F)cccc1F. The summed E-state index contributed by atoms with van der Waals surface area (Å²) in [6.07, 6.45) is 0.522. The number of carbonyl (C=O) groups excluding carboxylic acids is 3. The van der Waals surface area contributed by atoms with Crippen molar-refractivity contribution in [2.45, 2.75) is 21.5 Å². The minimum absolute atomic E-state index is 0. The second-order valence-electron chi connectivity index (χ2n) is 11.1. The van der Waals surface area contributed by atoms with Crippen molar-refractivity contribution in [3.63, 3.8) is 0 Å². The number of rotatable bonds is 8. The molecule has 4 amide bonds. The molecule has 16 heteroatoms. The van der Waals surface area contributed by atoms with Crippen LogP contribution in [0.25, 0.3) is 22.5 Å². The highest BCUT2D eigenvalue weighted by molar-refractivity contribution is 5.99. The van der Waals surface area contributed by atoms with Gasteiger partial charge in [-0.2, -0.15) is 0 Å². The summed E-state index contributed by atoms with van der Waals surface area (Å²) in [5.74, 6) is -5.33. The smallest absolute Gasteiger partial charge is 0.325 e. The topological polar surface area (TPSA) is 156 Å². The number of anilines is 4. The number of nitrogens with zero attached hydrogens (tertiary/aromatic N) is 4. The van der Waals surface area contributed by atoms with E-state index in [0.717, 1.165) is 36.4 Å². The quantitative estimate of drug-likeness (QED) is 0.103. The monoisotopic (exact) mass is 776 g/mol. The fourth-order valence-electron chi connectivity index (χ4n) is 5.19. The van der Waals surface area contributed by atoms with Gasteiger partial charge in [0.2, 0.25) is 0 Å². The highest BCUT2D eigenvalue weighted by atomic mass is 19.2. The predicted molar refractivity (Wildman–Crippen MR) is 200 cm³/mol. The molecule has 0 saturated carbocycles. The van der Waals surface area contributed by atoms with E-state index in [9.17, 15) is 45.8 Å². The lowest BCUT2D eigenvalue weighted by molar-refractivity contribution is 0.112. The molecular formula is C40H34F6N6O4. The number of hydrogen-bond acceptors (Lipinski definition) is 6. The first-order valence-corrected chi connectivity index (χ1v) is 15.5. The molecule has 0 unspecified atom stereocenters. The Bertz CT molecular complexity index is 2310. The molecule has 5 N–H and O–H groups in total. The number of aliphatic hydroxyl groups excluding tert-OH is 1. The van der Waals surface area contributed by atoms with Gasteiger partial charge in [0.05, 0.1) is 18.0 Å². The first kappa shape index (κ1) is 43.3. The third kappa shape index (κ3) is 9.34. The number of aldehydes is 1. The molecule has 0 atom stereocenters. The maximum atomic E-state index is 14.2. The number of aliphatic hydroxyl groups is 1. The molecule has 0 aliphatic carbocycles. The van der Waals surface area contributed by atoms with Gasteiger partial charge in [-0.3, -0.25) is 4.79 Å². The van der Waals surface area contributed by atoms with Crippen molar-refractivity contribution in [3.05, 3.63) is 155 Å². The zero-order valence-corrected chi connectivity index (χ0v) is 27.6. The van der Waals surface area contributed by atoms with Gasteiger partial charge < -0.3 is 16.6 Å². The van der Waals surface area contributed by atoms with Crippen LogP contribution in [0.15, 0.2) is 109 Å². The summed E-state index contributed by atoms with van der Waals surface area (Å²) < 4.78 is 83.0. The Balaban J connectivity index is 0.000000290. The molecule has 0 fully saturated rings. The van der Waals surface area contributed by atoms with E-state index < -0.39 is 58.3 Å². The second-order valence-corrected chi connectivity index (χ2v) is 11.1. The number of pyridine rings is 2. The summed E-state index contributed by atoms with van der Waals surface area (Å²) in [5, 5.41) is 9.54. The molecule has 0 bridgehead atoms. The summed E-state index contributed by atoms with van der Waals surface area (Å²) in [4.78, 5) is 44.7. The average Bonchev–Trinajstić information content (AvgIpc) is 3.15. The Kier molecular flexibility index (Phi) is 14.5. The zero-order chi connectivity index (χ0) is 39.1. The van der Waals surface area contributed by atoms with Crippen LogP contribution < -0.4 is 21.3 Å². The van der Waals surface area contributed by atoms with Crippen molar-refractivity contribution in [2.75, 3.05) is 9.80 Å². The number of urea groups is 2. The number of hydrogen-bond donors (Lipinski definition) is 3. The fraction of sp³-hybridized carbons (Fsp3) is 0.0750. The number of para-hydroxylation sites is 2. The Morgan fingerprint density at radius 2 is 0.946 bits per heavy atom. The van der Waals surface area contributed by atoms with E-state index in [0.29, 0.717) is 32.8 Å². The molecule has 0 aliphatic rings. The van der Waals surface area contributed by atoms with Gasteiger partial charge in [0, 0.05) is 22.3 Å². The molecule has 0 aliphatic heterocycles. The number of primary amides is 2. The predicted octanol–water partition coefficient (Wildman–Crippen LogP) is 9.34. The van der Waals surface area contributed by atoms with E-state index in [4.69, 9.17) is 11.5 Å². The van der Waals surface area contributed by atoms with Gasteiger partial charge >= 0.3 is 12.1 Å². The van der Waals surface area contributed by atoms with Crippen LogP contribution in [0.2, 0.25) is 0 Å². The summed E-state index contributed by atoms with van der Waals surface area (Å²) in [6, 6.07) is 19.5. The minimum Gasteiger partial charge on any atom is -0.392 e. The normalized spacial score (nSPS) is 10.2. The van der Waals surface area contributed by atoms with Crippen molar-refractivity contribution in [2.24, 2.45) is 11.5 Å². The highest BCUT2D eigenvalue weighted by Gasteiger charge is 2.26. The van der Waals surface area contributed by atoms with E-state index in [1.165, 1.54) is 72.8 Å². The van der Waals surface area contributed by atoms with Gasteiger partial charge in [-0.05, 0) is 91.0 Å². The van der Waals surface area contributed by atoms with E-state index in [2.05, 4.69) is 9.97 Å². The minimum atomic E-state index is -1.17. The number of benzene rings is 4. The van der Waals surface area contributed by atoms with Crippen molar-refractivity contribution < 1.29 is 45.8 Å². The molecular weight excluding hydrogens is 742 g/mol. The standard InChI is InChI=1S/C19H14F3N3O2.C19H12F3N3O2.2CH4/c2*20-13-7-4-11(5-8-13)17-12(10-26)6-9-16(24-17)25(19(23)27)18-14(21)2-1-3-15(18)22;;/h1-9,26H,10H2,(H2,23,27);1-10H,(H2,23,27);2*1H4. The maximum Gasteiger partial charge on any atom is 0.325 e. The Morgan fingerprint density at radius 1 is 0.571 bits per heavy atom. The van der Waals surface area contributed by atoms with Gasteiger partial charge in [0.1, 0.15) is 57.9 Å².